The van der Waals surface area contributed by atoms with Crippen molar-refractivity contribution >= 4 is 21.8 Å². The van der Waals surface area contributed by atoms with Gasteiger partial charge < -0.3 is 4.74 Å². The molecule has 1 saturated heterocycles. The van der Waals surface area contributed by atoms with Gasteiger partial charge in [0.05, 0.1) is 10.5 Å². The lowest BCUT2D eigenvalue weighted by molar-refractivity contribution is 0.0474. The average Bonchev–Trinajstić information content (AvgIpc) is 2.88. The Kier molecular flexibility index (Phi) is 7.60. The molecule has 6 nitrogen and oxygen atoms in total. The number of benzene rings is 2. The van der Waals surface area contributed by atoms with Gasteiger partial charge >= 0.3 is 5.97 Å². The summed E-state index contributed by atoms with van der Waals surface area (Å²) in [4.78, 5) is 25.0. The Morgan fingerprint density at radius 1 is 0.788 bits per heavy atom. The zero-order chi connectivity index (χ0) is 23.3. The highest BCUT2D eigenvalue weighted by Gasteiger charge is 2.26. The Hall–Kier alpha value is -2.51. The SMILES string of the molecule is O=C(COC(=O)c1ccc(S(=O)(=O)N2CCCCC2)cc1)c1ccc(C2CCCCC2)cc1. The second kappa shape index (κ2) is 10.6. The highest BCUT2D eigenvalue weighted by atomic mass is 32.2. The molecule has 0 amide bonds. The first-order valence-electron chi connectivity index (χ1n) is 11.9. The number of piperidine rings is 1. The van der Waals surface area contributed by atoms with Gasteiger partial charge in [0.15, 0.2) is 12.4 Å². The van der Waals surface area contributed by atoms with Crippen LogP contribution in [-0.4, -0.2) is 44.2 Å². The molecule has 1 aliphatic carbocycles. The molecule has 2 fully saturated rings. The molecule has 2 aromatic rings. The zero-order valence-corrected chi connectivity index (χ0v) is 19.7. The number of sulfonamides is 1. The number of ether oxygens (including phenoxy) is 1. The number of esters is 1. The largest absolute Gasteiger partial charge is 0.454 e. The number of hydrogen-bond donors (Lipinski definition) is 0. The van der Waals surface area contributed by atoms with Gasteiger partial charge in [0, 0.05) is 18.7 Å². The van der Waals surface area contributed by atoms with Gasteiger partial charge in [-0.15, -0.1) is 0 Å². The van der Waals surface area contributed by atoms with Crippen LogP contribution in [0.4, 0.5) is 0 Å². The molecule has 2 aliphatic rings. The van der Waals surface area contributed by atoms with Gasteiger partial charge in [0.1, 0.15) is 0 Å². The minimum atomic E-state index is -3.55. The van der Waals surface area contributed by atoms with Crippen molar-refractivity contribution in [3.63, 3.8) is 0 Å². The Labute approximate surface area is 196 Å². The van der Waals surface area contributed by atoms with Crippen molar-refractivity contribution in [1.82, 2.24) is 4.31 Å². The number of ketones is 1. The van der Waals surface area contributed by atoms with E-state index in [9.17, 15) is 18.0 Å². The van der Waals surface area contributed by atoms with Gasteiger partial charge in [0.2, 0.25) is 10.0 Å². The molecule has 2 aromatic carbocycles. The molecule has 176 valence electrons. The minimum absolute atomic E-state index is 0.162. The molecule has 0 spiro atoms. The molecule has 0 atom stereocenters. The molecule has 0 unspecified atom stereocenters. The first-order chi connectivity index (χ1) is 15.9. The van der Waals surface area contributed by atoms with Crippen molar-refractivity contribution in [2.45, 2.75) is 62.2 Å². The van der Waals surface area contributed by atoms with E-state index in [0.717, 1.165) is 19.3 Å². The van der Waals surface area contributed by atoms with Gasteiger partial charge in [-0.05, 0) is 61.4 Å². The summed E-state index contributed by atoms with van der Waals surface area (Å²) in [5.74, 6) is -0.339. The van der Waals surface area contributed by atoms with Gasteiger partial charge in [-0.2, -0.15) is 4.31 Å². The van der Waals surface area contributed by atoms with Crippen LogP contribution in [0.25, 0.3) is 0 Å². The number of carbonyl (C=O) groups excluding carboxylic acids is 2. The Bertz CT molecular complexity index is 1060. The summed E-state index contributed by atoms with van der Waals surface area (Å²) in [6.45, 7) is 0.696. The van der Waals surface area contributed by atoms with E-state index in [-0.39, 0.29) is 22.8 Å². The van der Waals surface area contributed by atoms with E-state index in [2.05, 4.69) is 0 Å². The topological polar surface area (TPSA) is 80.8 Å². The van der Waals surface area contributed by atoms with Gasteiger partial charge in [-0.25, -0.2) is 13.2 Å². The van der Waals surface area contributed by atoms with Crippen LogP contribution in [0.2, 0.25) is 0 Å². The fourth-order valence-electron chi connectivity index (χ4n) is 4.69. The van der Waals surface area contributed by atoms with Crippen molar-refractivity contribution in [3.8, 4) is 0 Å². The Morgan fingerprint density at radius 3 is 2.00 bits per heavy atom. The van der Waals surface area contributed by atoms with E-state index in [1.807, 2.05) is 12.1 Å². The fourth-order valence-corrected chi connectivity index (χ4v) is 6.21. The van der Waals surface area contributed by atoms with E-state index in [0.29, 0.717) is 24.6 Å². The van der Waals surface area contributed by atoms with E-state index in [1.165, 1.54) is 66.2 Å². The van der Waals surface area contributed by atoms with Crippen molar-refractivity contribution in [3.05, 3.63) is 65.2 Å². The van der Waals surface area contributed by atoms with Gasteiger partial charge in [-0.3, -0.25) is 4.79 Å². The maximum absolute atomic E-state index is 12.7. The number of rotatable bonds is 7. The van der Waals surface area contributed by atoms with E-state index >= 15 is 0 Å². The standard InChI is InChI=1S/C26H31NO5S/c28-25(22-11-9-21(10-12-22)20-7-3-1-4-8-20)19-32-26(29)23-13-15-24(16-14-23)33(30,31)27-17-5-2-6-18-27/h9-16,20H,1-8,17-19H2. The molecule has 33 heavy (non-hydrogen) atoms. The molecule has 1 heterocycles. The molecule has 4 rings (SSSR count). The molecule has 1 saturated carbocycles. The maximum atomic E-state index is 12.7. The lowest BCUT2D eigenvalue weighted by Gasteiger charge is -2.25. The zero-order valence-electron chi connectivity index (χ0n) is 18.9. The van der Waals surface area contributed by atoms with E-state index < -0.39 is 16.0 Å². The summed E-state index contributed by atoms with van der Waals surface area (Å²) in [6, 6.07) is 13.3. The quantitative estimate of drug-likeness (QED) is 0.423. The number of Topliss-reactive ketones (excluding diaryl/α,β-unsaturated/α-hetero) is 1. The van der Waals surface area contributed by atoms with Gasteiger partial charge in [-0.1, -0.05) is 49.9 Å². The molecule has 0 bridgehead atoms. The Balaban J connectivity index is 1.32. The molecule has 0 radical (unpaired) electrons. The second-order valence-corrected chi connectivity index (χ2v) is 10.9. The molecule has 0 aromatic heterocycles. The summed E-state index contributed by atoms with van der Waals surface area (Å²) in [7, 11) is -3.55. The number of hydrogen-bond acceptors (Lipinski definition) is 5. The monoisotopic (exact) mass is 469 g/mol. The average molecular weight is 470 g/mol. The first-order valence-corrected chi connectivity index (χ1v) is 13.3. The molecule has 0 N–H and O–H groups in total. The fraction of sp³-hybridized carbons (Fsp3) is 0.462. The second-order valence-electron chi connectivity index (χ2n) is 8.95. The van der Waals surface area contributed by atoms with Crippen molar-refractivity contribution in [1.29, 1.82) is 0 Å². The van der Waals surface area contributed by atoms with Crippen LogP contribution in [-0.2, 0) is 14.8 Å². The maximum Gasteiger partial charge on any atom is 0.338 e. The van der Waals surface area contributed by atoms with Crippen molar-refractivity contribution < 1.29 is 22.7 Å². The van der Waals surface area contributed by atoms with Gasteiger partial charge in [0.25, 0.3) is 0 Å². The normalized spacial score (nSPS) is 18.1. The molecular weight excluding hydrogens is 438 g/mol. The third-order valence-corrected chi connectivity index (χ3v) is 8.60. The highest BCUT2D eigenvalue weighted by molar-refractivity contribution is 7.89. The number of carbonyl (C=O) groups is 2. The van der Waals surface area contributed by atoms with E-state index in [1.54, 1.807) is 12.1 Å². The number of nitrogens with zero attached hydrogens (tertiary/aromatic N) is 1. The predicted molar refractivity (Wildman–Crippen MR) is 126 cm³/mol. The molecule has 1 aliphatic heterocycles. The highest BCUT2D eigenvalue weighted by Crippen LogP contribution is 2.32. The summed E-state index contributed by atoms with van der Waals surface area (Å²) in [6.07, 6.45) is 8.97. The smallest absolute Gasteiger partial charge is 0.338 e. The first kappa shape index (κ1) is 23.6. The third kappa shape index (κ3) is 5.71. The lowest BCUT2D eigenvalue weighted by atomic mass is 9.84. The van der Waals surface area contributed by atoms with Crippen LogP contribution in [0.5, 0.6) is 0 Å². The van der Waals surface area contributed by atoms with Crippen molar-refractivity contribution in [2.24, 2.45) is 0 Å². The van der Waals surface area contributed by atoms with Crippen LogP contribution >= 0.6 is 0 Å². The minimum Gasteiger partial charge on any atom is -0.454 e. The summed E-state index contributed by atoms with van der Waals surface area (Å²) in [5, 5.41) is 0. The lowest BCUT2D eigenvalue weighted by Crippen LogP contribution is -2.35. The van der Waals surface area contributed by atoms with Crippen LogP contribution in [0.3, 0.4) is 0 Å². The van der Waals surface area contributed by atoms with Crippen LogP contribution in [0.15, 0.2) is 53.4 Å². The summed E-state index contributed by atoms with van der Waals surface area (Å²) >= 11 is 0. The van der Waals surface area contributed by atoms with Crippen LogP contribution < -0.4 is 0 Å². The van der Waals surface area contributed by atoms with Crippen LogP contribution in [0.1, 0.15) is 83.6 Å². The molecule has 7 heteroatoms. The third-order valence-electron chi connectivity index (χ3n) is 6.69. The predicted octanol–water partition coefficient (Wildman–Crippen LogP) is 4.95. The Morgan fingerprint density at radius 2 is 1.36 bits per heavy atom. The van der Waals surface area contributed by atoms with Crippen molar-refractivity contribution in [2.75, 3.05) is 19.7 Å². The van der Waals surface area contributed by atoms with Crippen LogP contribution in [0, 0.1) is 0 Å². The molecular formula is C26H31NO5S. The summed E-state index contributed by atoms with van der Waals surface area (Å²) < 4.78 is 32.1. The summed E-state index contributed by atoms with van der Waals surface area (Å²) in [5.41, 5.74) is 2.00. The van der Waals surface area contributed by atoms with E-state index in [4.69, 9.17) is 4.74 Å².